The molecule has 0 spiro atoms. The molecule has 1 fully saturated rings. The Morgan fingerprint density at radius 1 is 1.26 bits per heavy atom. The van der Waals surface area contributed by atoms with Gasteiger partial charge in [0.1, 0.15) is 5.69 Å². The van der Waals surface area contributed by atoms with Gasteiger partial charge in [-0.2, -0.15) is 10.1 Å². The maximum Gasteiger partial charge on any atom is 0.314 e. The van der Waals surface area contributed by atoms with Crippen molar-refractivity contribution in [2.75, 3.05) is 36.4 Å². The van der Waals surface area contributed by atoms with E-state index in [9.17, 15) is 4.79 Å². The number of carbonyl (C=O) groups is 1. The second kappa shape index (κ2) is 10.0. The van der Waals surface area contributed by atoms with Crippen molar-refractivity contribution in [3.05, 3.63) is 41.9 Å². The summed E-state index contributed by atoms with van der Waals surface area (Å²) in [5, 5.41) is 18.4. The largest absolute Gasteiger partial charge is 0.357 e. The molecule has 2 atom stereocenters. The quantitative estimate of drug-likeness (QED) is 0.371. The van der Waals surface area contributed by atoms with Crippen LogP contribution in [-0.2, 0) is 0 Å². The van der Waals surface area contributed by atoms with Crippen LogP contribution in [0.4, 0.5) is 22.2 Å². The molecule has 0 saturated carbocycles. The fraction of sp³-hybridized carbons (Fsp3) is 0.435. The Balaban J connectivity index is 1.66. The minimum Gasteiger partial charge on any atom is -0.357 e. The lowest BCUT2D eigenvalue weighted by Crippen LogP contribution is -2.84. The van der Waals surface area contributed by atoms with Crippen LogP contribution in [0.2, 0.25) is 0 Å². The molecule has 3 aromatic heterocycles. The summed E-state index contributed by atoms with van der Waals surface area (Å²) in [6.45, 7) is 8.50. The molecule has 1 aliphatic rings. The monoisotopic (exact) mass is 465 g/mol. The van der Waals surface area contributed by atoms with E-state index < -0.39 is 6.03 Å². The first-order chi connectivity index (χ1) is 16.4. The molecule has 1 aliphatic heterocycles. The Hall–Kier alpha value is -3.73. The van der Waals surface area contributed by atoms with Gasteiger partial charge < -0.3 is 31.6 Å². The molecule has 6 N–H and O–H groups in total. The van der Waals surface area contributed by atoms with Gasteiger partial charge in [0.15, 0.2) is 11.5 Å². The van der Waals surface area contributed by atoms with Crippen LogP contribution < -0.4 is 21.3 Å². The number of amides is 2. The lowest BCUT2D eigenvalue weighted by atomic mass is 10.2. The van der Waals surface area contributed by atoms with Crippen molar-refractivity contribution < 1.29 is 10.1 Å². The average molecular weight is 466 g/mol. The van der Waals surface area contributed by atoms with Crippen molar-refractivity contribution in [1.29, 1.82) is 5.41 Å². The lowest BCUT2D eigenvalue weighted by Gasteiger charge is -2.34. The molecule has 0 bridgehead atoms. The van der Waals surface area contributed by atoms with Gasteiger partial charge in [0.25, 0.3) is 0 Å². The maximum atomic E-state index is 11.5. The molecule has 180 valence electrons. The highest BCUT2D eigenvalue weighted by molar-refractivity contribution is 5.85. The summed E-state index contributed by atoms with van der Waals surface area (Å²) >= 11 is 0. The van der Waals surface area contributed by atoms with Crippen LogP contribution in [0, 0.1) is 5.41 Å². The Morgan fingerprint density at radius 3 is 2.68 bits per heavy atom. The van der Waals surface area contributed by atoms with Crippen molar-refractivity contribution in [3.8, 4) is 0 Å². The second-order valence-corrected chi connectivity index (χ2v) is 8.69. The third kappa shape index (κ3) is 4.93. The maximum absolute atomic E-state index is 11.5. The molecule has 1 unspecified atom stereocenters. The molecular weight excluding hydrogens is 432 g/mol. The van der Waals surface area contributed by atoms with E-state index in [1.54, 1.807) is 4.90 Å². The molecule has 4 heterocycles. The minimum absolute atomic E-state index is 0.114. The molecule has 0 aliphatic carbocycles. The van der Waals surface area contributed by atoms with Crippen LogP contribution in [0.3, 0.4) is 0 Å². The molecule has 2 amide bonds. The zero-order valence-electron chi connectivity index (χ0n) is 19.9. The van der Waals surface area contributed by atoms with E-state index in [4.69, 9.17) is 26.2 Å². The second-order valence-electron chi connectivity index (χ2n) is 8.69. The van der Waals surface area contributed by atoms with Gasteiger partial charge in [-0.3, -0.25) is 0 Å². The predicted octanol–water partition coefficient (Wildman–Crippen LogP) is 1.49. The summed E-state index contributed by atoms with van der Waals surface area (Å²) in [6.07, 6.45) is 4.17. The fourth-order valence-electron chi connectivity index (χ4n) is 3.98. The molecular formula is C23H33N10O+. The van der Waals surface area contributed by atoms with Crippen LogP contribution in [0.1, 0.15) is 44.6 Å². The summed E-state index contributed by atoms with van der Waals surface area (Å²) in [5.74, 6) is 1.21. The number of fused-ring (bicyclic) bond motifs is 1. The van der Waals surface area contributed by atoms with Crippen molar-refractivity contribution in [3.63, 3.8) is 0 Å². The van der Waals surface area contributed by atoms with E-state index in [0.29, 0.717) is 49.7 Å². The summed E-state index contributed by atoms with van der Waals surface area (Å²) in [4.78, 5) is 24.7. The molecule has 4 rings (SSSR count). The number of pyridine rings is 1. The number of piperazine rings is 1. The van der Waals surface area contributed by atoms with E-state index in [-0.39, 0.29) is 6.04 Å². The summed E-state index contributed by atoms with van der Waals surface area (Å²) < 4.78 is 1.85. The van der Waals surface area contributed by atoms with E-state index in [2.05, 4.69) is 30.5 Å². The number of nitrogens with zero attached hydrogens (tertiary/aromatic N) is 6. The van der Waals surface area contributed by atoms with Crippen molar-refractivity contribution in [2.24, 2.45) is 5.73 Å². The minimum atomic E-state index is -0.414. The summed E-state index contributed by atoms with van der Waals surface area (Å²) in [6, 6.07) is 7.79. The van der Waals surface area contributed by atoms with Crippen molar-refractivity contribution in [1.82, 2.24) is 24.5 Å². The van der Waals surface area contributed by atoms with Gasteiger partial charge in [-0.05, 0) is 38.5 Å². The zero-order valence-corrected chi connectivity index (χ0v) is 19.9. The van der Waals surface area contributed by atoms with Crippen LogP contribution in [0.5, 0.6) is 0 Å². The summed E-state index contributed by atoms with van der Waals surface area (Å²) in [5.41, 5.74) is 8.72. The molecule has 0 radical (unpaired) electrons. The number of quaternary nitrogens is 1. The third-order valence-corrected chi connectivity index (χ3v) is 6.26. The third-order valence-electron chi connectivity index (χ3n) is 6.26. The van der Waals surface area contributed by atoms with Gasteiger partial charge in [0.2, 0.25) is 5.95 Å². The van der Waals surface area contributed by atoms with Crippen molar-refractivity contribution >= 4 is 35.2 Å². The highest BCUT2D eigenvalue weighted by Crippen LogP contribution is 2.26. The number of nitrogens with two attached hydrogens (primary N) is 2. The number of carbonyl (C=O) groups excluding carboxylic acids is 1. The molecule has 11 nitrogen and oxygen atoms in total. The number of hydrogen-bond acceptors (Lipinski definition) is 7. The first-order valence-corrected chi connectivity index (χ1v) is 11.7. The average Bonchev–Trinajstić information content (AvgIpc) is 3.29. The van der Waals surface area contributed by atoms with E-state index in [1.807, 2.05) is 40.7 Å². The van der Waals surface area contributed by atoms with E-state index >= 15 is 0 Å². The van der Waals surface area contributed by atoms with Gasteiger partial charge in [-0.25, -0.2) is 14.3 Å². The van der Waals surface area contributed by atoms with Gasteiger partial charge in [-0.15, -0.1) is 0 Å². The fourth-order valence-corrected chi connectivity index (χ4v) is 3.98. The number of urea groups is 1. The SMILES string of the molecule is CC[C@H](C)[NH2+]c1c(C=N)nc(N2CCN(C(N)=O)CC2)nc1NC(C)c1cc2ccccn2n1. The molecule has 1 saturated heterocycles. The first kappa shape index (κ1) is 23.4. The number of rotatable bonds is 8. The van der Waals surface area contributed by atoms with Crippen LogP contribution in [0.15, 0.2) is 30.5 Å². The van der Waals surface area contributed by atoms with Crippen LogP contribution in [-0.4, -0.2) is 68.9 Å². The first-order valence-electron chi connectivity index (χ1n) is 11.7. The van der Waals surface area contributed by atoms with Crippen LogP contribution in [0.25, 0.3) is 5.52 Å². The van der Waals surface area contributed by atoms with E-state index in [0.717, 1.165) is 23.3 Å². The Labute approximate surface area is 198 Å². The number of nitrogens with one attached hydrogen (secondary N) is 2. The van der Waals surface area contributed by atoms with Gasteiger partial charge >= 0.3 is 6.03 Å². The Morgan fingerprint density at radius 2 is 2.03 bits per heavy atom. The normalized spacial score (nSPS) is 15.9. The van der Waals surface area contributed by atoms with Crippen molar-refractivity contribution in [2.45, 2.75) is 39.3 Å². The van der Waals surface area contributed by atoms with Gasteiger partial charge in [0, 0.05) is 38.6 Å². The Kier molecular flexibility index (Phi) is 6.92. The zero-order chi connectivity index (χ0) is 24.2. The predicted molar refractivity (Wildman–Crippen MR) is 132 cm³/mol. The highest BCUT2D eigenvalue weighted by Gasteiger charge is 2.26. The molecule has 11 heteroatoms. The standard InChI is InChI=1S/C23H32N10O/c1-4-15(2)26-20-19(14-24)28-23(32-11-9-31(10-12-32)22(25)34)29-21(20)27-16(3)18-13-17-7-5-6-8-33(17)30-18/h5-8,13-16,24,26H,4,9-12H2,1-3H3,(H2,25,34)(H,27,28,29)/p+1/t15-,16?/m0/s1. The highest BCUT2D eigenvalue weighted by atomic mass is 16.2. The Bertz CT molecular complexity index is 1130. The van der Waals surface area contributed by atoms with E-state index in [1.165, 1.54) is 6.21 Å². The van der Waals surface area contributed by atoms with Gasteiger partial charge in [-0.1, -0.05) is 13.0 Å². The van der Waals surface area contributed by atoms with Crippen LogP contribution >= 0.6 is 0 Å². The lowest BCUT2D eigenvalue weighted by molar-refractivity contribution is -0.607. The molecule has 0 aromatic carbocycles. The molecule has 34 heavy (non-hydrogen) atoms. The smallest absolute Gasteiger partial charge is 0.314 e. The number of hydrogen-bond donors (Lipinski definition) is 4. The number of primary amides is 1. The number of aromatic nitrogens is 4. The number of anilines is 2. The summed E-state index contributed by atoms with van der Waals surface area (Å²) in [7, 11) is 0. The molecule has 3 aromatic rings. The van der Waals surface area contributed by atoms with Gasteiger partial charge in [0.05, 0.1) is 23.3 Å². The topological polar surface area (TPSA) is 145 Å².